The summed E-state index contributed by atoms with van der Waals surface area (Å²) in [5.41, 5.74) is 1.99. The number of carbonyl (C=O) groups is 2. The predicted octanol–water partition coefficient (Wildman–Crippen LogP) is 2.37. The average molecular weight is 367 g/mol. The Morgan fingerprint density at radius 1 is 0.926 bits per heavy atom. The summed E-state index contributed by atoms with van der Waals surface area (Å²) in [5, 5.41) is 3.15. The molecule has 1 aliphatic heterocycles. The zero-order valence-corrected chi connectivity index (χ0v) is 15.6. The zero-order chi connectivity index (χ0) is 19.1. The van der Waals surface area contributed by atoms with Gasteiger partial charge in [-0.25, -0.2) is 0 Å². The summed E-state index contributed by atoms with van der Waals surface area (Å²) in [4.78, 5) is 27.2. The molecule has 1 aliphatic rings. The fourth-order valence-corrected chi connectivity index (χ4v) is 2.97. The maximum atomic E-state index is 12.3. The van der Waals surface area contributed by atoms with Gasteiger partial charge in [0.25, 0.3) is 0 Å². The molecule has 1 N–H and O–H groups in total. The number of rotatable bonds is 6. The number of carbonyl (C=O) groups excluding carboxylic acids is 2. The van der Waals surface area contributed by atoms with Crippen LogP contribution in [0.4, 0.5) is 5.69 Å². The van der Waals surface area contributed by atoms with E-state index in [1.165, 1.54) is 0 Å². The molecule has 0 spiro atoms. The Bertz CT molecular complexity index is 754. The molecular formula is C21H25N3O3. The average Bonchev–Trinajstić information content (AvgIpc) is 2.72. The summed E-state index contributed by atoms with van der Waals surface area (Å²) in [7, 11) is 0. The van der Waals surface area contributed by atoms with Gasteiger partial charge in [0, 0.05) is 38.8 Å². The first-order valence-corrected chi connectivity index (χ1v) is 9.16. The highest BCUT2D eigenvalue weighted by molar-refractivity contribution is 5.81. The third-order valence-electron chi connectivity index (χ3n) is 4.62. The summed E-state index contributed by atoms with van der Waals surface area (Å²) >= 11 is 0. The number of hydrogen-bond acceptors (Lipinski definition) is 4. The van der Waals surface area contributed by atoms with Crippen LogP contribution in [0.2, 0.25) is 0 Å². The summed E-state index contributed by atoms with van der Waals surface area (Å²) in [6.45, 7) is 4.72. The number of ether oxygens (including phenoxy) is 1. The van der Waals surface area contributed by atoms with Gasteiger partial charge in [0.15, 0.2) is 0 Å². The van der Waals surface area contributed by atoms with Gasteiger partial charge < -0.3 is 19.9 Å². The normalized spacial score (nSPS) is 14.0. The second kappa shape index (κ2) is 9.07. The van der Waals surface area contributed by atoms with Crippen molar-refractivity contribution in [3.8, 4) is 5.75 Å². The lowest BCUT2D eigenvalue weighted by molar-refractivity contribution is -0.137. The Hall–Kier alpha value is -3.02. The lowest BCUT2D eigenvalue weighted by Gasteiger charge is -2.34. The van der Waals surface area contributed by atoms with Gasteiger partial charge in [-0.2, -0.15) is 0 Å². The van der Waals surface area contributed by atoms with Crippen molar-refractivity contribution in [2.45, 2.75) is 13.5 Å². The van der Waals surface area contributed by atoms with E-state index in [1.54, 1.807) is 16.7 Å². The number of nitrogens with zero attached hydrogens (tertiary/aromatic N) is 2. The molecule has 2 amide bonds. The van der Waals surface area contributed by atoms with E-state index in [-0.39, 0.29) is 18.4 Å². The first-order valence-electron chi connectivity index (χ1n) is 9.16. The lowest BCUT2D eigenvalue weighted by atomic mass is 10.2. The summed E-state index contributed by atoms with van der Waals surface area (Å²) in [5.74, 6) is 0.897. The third kappa shape index (κ3) is 5.48. The zero-order valence-electron chi connectivity index (χ0n) is 15.6. The maximum absolute atomic E-state index is 12.3. The van der Waals surface area contributed by atoms with Crippen LogP contribution in [0.5, 0.6) is 5.75 Å². The van der Waals surface area contributed by atoms with E-state index in [0.29, 0.717) is 32.8 Å². The Morgan fingerprint density at radius 2 is 1.56 bits per heavy atom. The van der Waals surface area contributed by atoms with Crippen molar-refractivity contribution in [1.82, 2.24) is 9.80 Å². The van der Waals surface area contributed by atoms with Gasteiger partial charge in [-0.15, -0.1) is 0 Å². The molecule has 6 nitrogen and oxygen atoms in total. The molecule has 6 heteroatoms. The van der Waals surface area contributed by atoms with Crippen molar-refractivity contribution in [2.75, 3.05) is 38.0 Å². The van der Waals surface area contributed by atoms with Crippen LogP contribution >= 0.6 is 0 Å². The van der Waals surface area contributed by atoms with Crippen molar-refractivity contribution >= 4 is 17.5 Å². The van der Waals surface area contributed by atoms with Crippen LogP contribution in [-0.2, 0) is 16.2 Å². The lowest BCUT2D eigenvalue weighted by Crippen LogP contribution is -2.51. The molecular weight excluding hydrogens is 342 g/mol. The van der Waals surface area contributed by atoms with E-state index in [0.717, 1.165) is 17.0 Å². The number of piperazine rings is 1. The first kappa shape index (κ1) is 18.8. The van der Waals surface area contributed by atoms with Crippen molar-refractivity contribution in [1.29, 1.82) is 0 Å². The Kier molecular flexibility index (Phi) is 6.30. The quantitative estimate of drug-likeness (QED) is 0.852. The standard InChI is InChI=1S/C21H25N3O3/c1-17(25)23-11-13-24(14-12-23)21(26)15-22-19-7-9-20(10-8-19)27-16-18-5-3-2-4-6-18/h2-10,22H,11-16H2,1H3. The highest BCUT2D eigenvalue weighted by atomic mass is 16.5. The molecule has 0 aromatic heterocycles. The summed E-state index contributed by atoms with van der Waals surface area (Å²) in [6, 6.07) is 17.6. The second-order valence-electron chi connectivity index (χ2n) is 6.54. The molecule has 2 aromatic carbocycles. The molecule has 142 valence electrons. The highest BCUT2D eigenvalue weighted by Gasteiger charge is 2.21. The van der Waals surface area contributed by atoms with Crippen molar-refractivity contribution in [2.24, 2.45) is 0 Å². The van der Waals surface area contributed by atoms with Crippen LogP contribution in [0.15, 0.2) is 54.6 Å². The molecule has 3 rings (SSSR count). The molecule has 1 heterocycles. The topological polar surface area (TPSA) is 61.9 Å². The van der Waals surface area contributed by atoms with Crippen LogP contribution < -0.4 is 10.1 Å². The molecule has 0 atom stereocenters. The van der Waals surface area contributed by atoms with Gasteiger partial charge in [-0.1, -0.05) is 30.3 Å². The van der Waals surface area contributed by atoms with Crippen molar-refractivity contribution in [3.63, 3.8) is 0 Å². The van der Waals surface area contributed by atoms with E-state index >= 15 is 0 Å². The predicted molar refractivity (Wildman–Crippen MR) is 105 cm³/mol. The molecule has 1 saturated heterocycles. The number of amides is 2. The second-order valence-corrected chi connectivity index (χ2v) is 6.54. The molecule has 0 bridgehead atoms. The van der Waals surface area contributed by atoms with Crippen molar-refractivity contribution in [3.05, 3.63) is 60.2 Å². The molecule has 2 aromatic rings. The highest BCUT2D eigenvalue weighted by Crippen LogP contribution is 2.17. The van der Waals surface area contributed by atoms with Gasteiger partial charge >= 0.3 is 0 Å². The molecule has 0 unspecified atom stereocenters. The molecule has 1 fully saturated rings. The fraction of sp³-hybridized carbons (Fsp3) is 0.333. The Balaban J connectivity index is 1.42. The van der Waals surface area contributed by atoms with Gasteiger partial charge in [0.05, 0.1) is 6.54 Å². The van der Waals surface area contributed by atoms with Crippen LogP contribution in [0, 0.1) is 0 Å². The van der Waals surface area contributed by atoms with E-state index in [9.17, 15) is 9.59 Å². The minimum Gasteiger partial charge on any atom is -0.489 e. The van der Waals surface area contributed by atoms with Crippen LogP contribution in [0.1, 0.15) is 12.5 Å². The number of hydrogen-bond donors (Lipinski definition) is 1. The van der Waals surface area contributed by atoms with Gasteiger partial charge in [0.2, 0.25) is 11.8 Å². The van der Waals surface area contributed by atoms with E-state index < -0.39 is 0 Å². The van der Waals surface area contributed by atoms with Gasteiger partial charge in [-0.3, -0.25) is 9.59 Å². The minimum absolute atomic E-state index is 0.0441. The van der Waals surface area contributed by atoms with E-state index in [4.69, 9.17) is 4.74 Å². The molecule has 0 radical (unpaired) electrons. The molecule has 0 aliphatic carbocycles. The first-order chi connectivity index (χ1) is 13.1. The SMILES string of the molecule is CC(=O)N1CCN(C(=O)CNc2ccc(OCc3ccccc3)cc2)CC1. The minimum atomic E-state index is 0.0441. The van der Waals surface area contributed by atoms with Crippen molar-refractivity contribution < 1.29 is 14.3 Å². The van der Waals surface area contributed by atoms with Crippen LogP contribution in [-0.4, -0.2) is 54.3 Å². The smallest absolute Gasteiger partial charge is 0.241 e. The number of anilines is 1. The van der Waals surface area contributed by atoms with Crippen LogP contribution in [0.25, 0.3) is 0 Å². The summed E-state index contributed by atoms with van der Waals surface area (Å²) < 4.78 is 5.76. The number of benzene rings is 2. The van der Waals surface area contributed by atoms with E-state index in [2.05, 4.69) is 5.32 Å². The van der Waals surface area contributed by atoms with Crippen LogP contribution in [0.3, 0.4) is 0 Å². The maximum Gasteiger partial charge on any atom is 0.241 e. The third-order valence-corrected chi connectivity index (χ3v) is 4.62. The van der Waals surface area contributed by atoms with Gasteiger partial charge in [-0.05, 0) is 29.8 Å². The monoisotopic (exact) mass is 367 g/mol. The Morgan fingerprint density at radius 3 is 2.19 bits per heavy atom. The largest absolute Gasteiger partial charge is 0.489 e. The van der Waals surface area contributed by atoms with Gasteiger partial charge in [0.1, 0.15) is 12.4 Å². The molecule has 27 heavy (non-hydrogen) atoms. The van der Waals surface area contributed by atoms with E-state index in [1.807, 2.05) is 54.6 Å². The summed E-state index contributed by atoms with van der Waals surface area (Å²) in [6.07, 6.45) is 0. The number of nitrogens with one attached hydrogen (secondary N) is 1. The Labute approximate surface area is 159 Å². The fourth-order valence-electron chi connectivity index (χ4n) is 2.97. The molecule has 0 saturated carbocycles.